The van der Waals surface area contributed by atoms with Gasteiger partial charge in [-0.05, 0) is 42.0 Å². The third kappa shape index (κ3) is 6.40. The molecule has 3 N–H and O–H groups in total. The fourth-order valence-electron chi connectivity index (χ4n) is 2.20. The average Bonchev–Trinajstić information content (AvgIpc) is 3.15. The lowest BCUT2D eigenvalue weighted by molar-refractivity contribution is -0.120. The summed E-state index contributed by atoms with van der Waals surface area (Å²) in [7, 11) is 1.59. The van der Waals surface area contributed by atoms with Gasteiger partial charge >= 0.3 is 6.03 Å². The smallest absolute Gasteiger partial charge is 0.325 e. The van der Waals surface area contributed by atoms with E-state index >= 15 is 0 Å². The van der Waals surface area contributed by atoms with Gasteiger partial charge in [0.15, 0.2) is 0 Å². The third-order valence-electron chi connectivity index (χ3n) is 3.55. The topological polar surface area (TPSA) is 118 Å². The number of carbonyl (C=O) groups excluding carboxylic acids is 2. The van der Waals surface area contributed by atoms with E-state index in [-0.39, 0.29) is 12.3 Å². The summed E-state index contributed by atoms with van der Waals surface area (Å²) in [5.74, 6) is 0.399. The van der Waals surface area contributed by atoms with Crippen molar-refractivity contribution in [1.82, 2.24) is 15.6 Å². The molecular formula is C19H18N6O3S. The van der Waals surface area contributed by atoms with E-state index in [9.17, 15) is 9.59 Å². The van der Waals surface area contributed by atoms with E-state index in [0.717, 1.165) is 22.6 Å². The first-order valence-corrected chi connectivity index (χ1v) is 9.35. The molecule has 2 aromatic carbocycles. The minimum Gasteiger partial charge on any atom is -0.497 e. The molecule has 9 nitrogen and oxygen atoms in total. The highest BCUT2D eigenvalue weighted by Crippen LogP contribution is 2.16. The van der Waals surface area contributed by atoms with Crippen molar-refractivity contribution in [3.63, 3.8) is 0 Å². The highest BCUT2D eigenvalue weighted by atomic mass is 32.1. The molecule has 0 saturated heterocycles. The highest BCUT2D eigenvalue weighted by Gasteiger charge is 2.11. The van der Waals surface area contributed by atoms with Crippen LogP contribution in [0.2, 0.25) is 0 Å². The Balaban J connectivity index is 1.45. The van der Waals surface area contributed by atoms with Gasteiger partial charge in [-0.25, -0.2) is 10.2 Å². The molecule has 0 radical (unpaired) electrons. The van der Waals surface area contributed by atoms with E-state index in [1.807, 2.05) is 30.3 Å². The number of nitrogens with one attached hydrogen (secondary N) is 3. The van der Waals surface area contributed by atoms with Gasteiger partial charge in [-0.3, -0.25) is 10.1 Å². The van der Waals surface area contributed by atoms with Crippen molar-refractivity contribution in [2.75, 3.05) is 17.7 Å². The van der Waals surface area contributed by atoms with Gasteiger partial charge in [0, 0.05) is 5.69 Å². The van der Waals surface area contributed by atoms with E-state index in [4.69, 9.17) is 4.74 Å². The largest absolute Gasteiger partial charge is 0.497 e. The molecule has 0 aliphatic carbocycles. The first-order valence-electron chi connectivity index (χ1n) is 8.54. The zero-order valence-electron chi connectivity index (χ0n) is 15.5. The SMILES string of the molecule is COc1ccc(/C=N\NC(=O)Cc2nnc(NC(=O)Nc3ccccc3)s2)cc1. The molecule has 0 aliphatic rings. The lowest BCUT2D eigenvalue weighted by atomic mass is 10.2. The molecule has 0 unspecified atom stereocenters. The maximum Gasteiger partial charge on any atom is 0.325 e. The van der Waals surface area contributed by atoms with Crippen molar-refractivity contribution in [2.24, 2.45) is 5.10 Å². The van der Waals surface area contributed by atoms with Crippen LogP contribution in [-0.2, 0) is 11.2 Å². The molecule has 0 aliphatic heterocycles. The van der Waals surface area contributed by atoms with Crippen LogP contribution in [-0.4, -0.2) is 35.5 Å². The van der Waals surface area contributed by atoms with Gasteiger partial charge in [0.2, 0.25) is 11.0 Å². The highest BCUT2D eigenvalue weighted by molar-refractivity contribution is 7.15. The van der Waals surface area contributed by atoms with Crippen LogP contribution in [0.4, 0.5) is 15.6 Å². The Bertz CT molecular complexity index is 989. The molecule has 29 heavy (non-hydrogen) atoms. The van der Waals surface area contributed by atoms with Crippen LogP contribution in [0.15, 0.2) is 59.7 Å². The van der Waals surface area contributed by atoms with Gasteiger partial charge in [0.05, 0.1) is 19.7 Å². The standard InChI is InChI=1S/C19H18N6O3S/c1-28-15-9-7-13(8-10-15)12-20-23-16(26)11-17-24-25-19(29-17)22-18(27)21-14-5-3-2-4-6-14/h2-10,12H,11H2,1H3,(H,23,26)(H2,21,22,25,27)/b20-12-. The Labute approximate surface area is 170 Å². The van der Waals surface area contributed by atoms with Gasteiger partial charge in [-0.2, -0.15) is 5.10 Å². The number of hydrogen-bond acceptors (Lipinski definition) is 7. The number of amides is 3. The lowest BCUT2D eigenvalue weighted by Crippen LogP contribution is -2.19. The second kappa shape index (κ2) is 9.95. The third-order valence-corrected chi connectivity index (χ3v) is 4.39. The lowest BCUT2D eigenvalue weighted by Gasteiger charge is -2.03. The zero-order chi connectivity index (χ0) is 20.5. The molecule has 0 atom stereocenters. The number of benzene rings is 2. The average molecular weight is 410 g/mol. The van der Waals surface area contributed by atoms with Crippen LogP contribution < -0.4 is 20.8 Å². The molecule has 148 valence electrons. The molecule has 0 fully saturated rings. The van der Waals surface area contributed by atoms with E-state index in [2.05, 4.69) is 31.4 Å². The van der Waals surface area contributed by atoms with Crippen molar-refractivity contribution in [3.05, 3.63) is 65.2 Å². The predicted octanol–water partition coefficient (Wildman–Crippen LogP) is 2.88. The second-order valence-corrected chi connectivity index (χ2v) is 6.75. The number of nitrogens with zero attached hydrogens (tertiary/aromatic N) is 3. The van der Waals surface area contributed by atoms with Crippen LogP contribution in [0, 0.1) is 0 Å². The predicted molar refractivity (Wildman–Crippen MR) is 111 cm³/mol. The summed E-state index contributed by atoms with van der Waals surface area (Å²) in [5, 5.41) is 17.7. The molecule has 10 heteroatoms. The Morgan fingerprint density at radius 3 is 2.55 bits per heavy atom. The van der Waals surface area contributed by atoms with Crippen LogP contribution in [0.25, 0.3) is 0 Å². The number of urea groups is 1. The second-order valence-electron chi connectivity index (χ2n) is 5.69. The molecule has 3 rings (SSSR count). The number of rotatable bonds is 7. The van der Waals surface area contributed by atoms with Gasteiger partial charge in [0.25, 0.3) is 0 Å². The molecular weight excluding hydrogens is 392 g/mol. The van der Waals surface area contributed by atoms with Crippen molar-refractivity contribution in [3.8, 4) is 5.75 Å². The molecule has 0 saturated carbocycles. The Kier molecular flexibility index (Phi) is 6.85. The summed E-state index contributed by atoms with van der Waals surface area (Å²) in [6.45, 7) is 0. The van der Waals surface area contributed by atoms with Gasteiger partial charge in [0.1, 0.15) is 10.8 Å². The quantitative estimate of drug-likeness (QED) is 0.409. The number of anilines is 2. The number of carbonyl (C=O) groups is 2. The normalized spacial score (nSPS) is 10.5. The molecule has 1 aromatic heterocycles. The first kappa shape index (κ1) is 20.0. The molecule has 0 bridgehead atoms. The zero-order valence-corrected chi connectivity index (χ0v) is 16.3. The van der Waals surface area contributed by atoms with E-state index in [0.29, 0.717) is 15.8 Å². The number of aromatic nitrogens is 2. The number of para-hydroxylation sites is 1. The van der Waals surface area contributed by atoms with Gasteiger partial charge < -0.3 is 10.1 Å². The molecule has 3 amide bonds. The monoisotopic (exact) mass is 410 g/mol. The Morgan fingerprint density at radius 2 is 1.83 bits per heavy atom. The number of hydrazone groups is 1. The summed E-state index contributed by atoms with van der Waals surface area (Å²) < 4.78 is 5.08. The van der Waals surface area contributed by atoms with E-state index in [1.165, 1.54) is 6.21 Å². The number of methoxy groups -OCH3 is 1. The molecule has 1 heterocycles. The van der Waals surface area contributed by atoms with Crippen molar-refractivity contribution < 1.29 is 14.3 Å². The van der Waals surface area contributed by atoms with Crippen molar-refractivity contribution >= 4 is 40.3 Å². The van der Waals surface area contributed by atoms with Crippen molar-refractivity contribution in [2.45, 2.75) is 6.42 Å². The summed E-state index contributed by atoms with van der Waals surface area (Å²) in [5.41, 5.74) is 3.90. The van der Waals surface area contributed by atoms with Crippen LogP contribution in [0.5, 0.6) is 5.75 Å². The van der Waals surface area contributed by atoms with Crippen LogP contribution in [0.1, 0.15) is 10.6 Å². The first-order chi connectivity index (χ1) is 14.1. The minimum atomic E-state index is -0.438. The van der Waals surface area contributed by atoms with Gasteiger partial charge in [-0.1, -0.05) is 29.5 Å². The van der Waals surface area contributed by atoms with E-state index < -0.39 is 6.03 Å². The summed E-state index contributed by atoms with van der Waals surface area (Å²) in [6.07, 6.45) is 1.53. The van der Waals surface area contributed by atoms with Crippen LogP contribution in [0.3, 0.4) is 0 Å². The number of ether oxygens (including phenoxy) is 1. The van der Waals surface area contributed by atoms with Crippen LogP contribution >= 0.6 is 11.3 Å². The maximum absolute atomic E-state index is 12.0. The summed E-state index contributed by atoms with van der Waals surface area (Å²) >= 11 is 1.11. The fourth-order valence-corrected chi connectivity index (χ4v) is 2.94. The minimum absolute atomic E-state index is 0.000393. The van der Waals surface area contributed by atoms with E-state index in [1.54, 1.807) is 31.4 Å². The Hall–Kier alpha value is -3.79. The summed E-state index contributed by atoms with van der Waals surface area (Å²) in [4.78, 5) is 23.9. The Morgan fingerprint density at radius 1 is 1.07 bits per heavy atom. The fraction of sp³-hybridized carbons (Fsp3) is 0.105. The number of hydrogen-bond donors (Lipinski definition) is 3. The summed E-state index contributed by atoms with van der Waals surface area (Å²) in [6, 6.07) is 15.8. The maximum atomic E-state index is 12.0. The van der Waals surface area contributed by atoms with Crippen molar-refractivity contribution in [1.29, 1.82) is 0 Å². The molecule has 3 aromatic rings. The molecule has 0 spiro atoms. The van der Waals surface area contributed by atoms with Gasteiger partial charge in [-0.15, -0.1) is 10.2 Å².